The Labute approximate surface area is 110 Å². The summed E-state index contributed by atoms with van der Waals surface area (Å²) in [6.45, 7) is 0. The van der Waals surface area contributed by atoms with Gasteiger partial charge in [-0.3, -0.25) is 4.79 Å². The predicted molar refractivity (Wildman–Crippen MR) is 73.2 cm³/mol. The number of carbonyl (C=O) groups is 1. The first-order valence-corrected chi connectivity index (χ1v) is 8.30. The summed E-state index contributed by atoms with van der Waals surface area (Å²) in [5.74, 6) is 1.43. The summed E-state index contributed by atoms with van der Waals surface area (Å²) < 4.78 is 0. The molecule has 0 aromatic heterocycles. The molecule has 1 saturated heterocycles. The molecular weight excluding hydrogens is 286 g/mol. The Hall–Kier alpha value is 0.300. The van der Waals surface area contributed by atoms with Crippen molar-refractivity contribution in [2.24, 2.45) is 0 Å². The normalized spacial score (nSPS) is 35.7. The summed E-state index contributed by atoms with van der Waals surface area (Å²) in [4.78, 5) is 12.5. The molecule has 0 aromatic carbocycles. The molecule has 92 valence electrons. The molecule has 2 nitrogen and oxygen atoms in total. The van der Waals surface area contributed by atoms with Crippen molar-refractivity contribution in [1.29, 1.82) is 0 Å². The van der Waals surface area contributed by atoms with Gasteiger partial charge in [-0.25, -0.2) is 0 Å². The summed E-state index contributed by atoms with van der Waals surface area (Å²) in [6, 6.07) is 0.365. The van der Waals surface area contributed by atoms with Crippen LogP contribution in [-0.2, 0) is 4.79 Å². The Bertz CT molecular complexity index is 243. The minimum atomic E-state index is 0.218. The monoisotopic (exact) mass is 305 g/mol. The first-order chi connectivity index (χ1) is 7.77. The summed E-state index contributed by atoms with van der Waals surface area (Å²) >= 11 is 5.52. The average Bonchev–Trinajstić information content (AvgIpc) is 2.33. The van der Waals surface area contributed by atoms with Gasteiger partial charge in [0.1, 0.15) is 0 Å². The van der Waals surface area contributed by atoms with Gasteiger partial charge in [-0.1, -0.05) is 35.2 Å². The lowest BCUT2D eigenvalue weighted by Crippen LogP contribution is -2.46. The molecule has 4 heteroatoms. The molecule has 0 aromatic rings. The van der Waals surface area contributed by atoms with Crippen molar-refractivity contribution in [3.63, 3.8) is 0 Å². The van der Waals surface area contributed by atoms with E-state index in [0.717, 1.165) is 18.6 Å². The van der Waals surface area contributed by atoms with Crippen molar-refractivity contribution in [3.8, 4) is 0 Å². The summed E-state index contributed by atoms with van der Waals surface area (Å²) in [6.07, 6.45) is 8.44. The van der Waals surface area contributed by atoms with E-state index in [9.17, 15) is 4.79 Å². The quantitative estimate of drug-likeness (QED) is 0.794. The smallest absolute Gasteiger partial charge is 0.233 e. The fraction of sp³-hybridized carbons (Fsp3) is 0.917. The van der Waals surface area contributed by atoms with Crippen LogP contribution in [0.1, 0.15) is 44.9 Å². The van der Waals surface area contributed by atoms with E-state index in [-0.39, 0.29) is 11.2 Å². The van der Waals surface area contributed by atoms with Gasteiger partial charge in [0.05, 0.1) is 5.25 Å². The molecule has 0 bridgehead atoms. The van der Waals surface area contributed by atoms with Crippen LogP contribution in [0.3, 0.4) is 0 Å². The molecule has 16 heavy (non-hydrogen) atoms. The molecule has 1 amide bonds. The molecule has 1 aliphatic heterocycles. The van der Waals surface area contributed by atoms with Gasteiger partial charge in [-0.2, -0.15) is 0 Å². The number of halogens is 1. The van der Waals surface area contributed by atoms with Gasteiger partial charge in [0.25, 0.3) is 0 Å². The zero-order chi connectivity index (χ0) is 11.4. The highest BCUT2D eigenvalue weighted by Crippen LogP contribution is 2.28. The molecule has 1 aliphatic carbocycles. The molecule has 3 atom stereocenters. The summed E-state index contributed by atoms with van der Waals surface area (Å²) in [5.41, 5.74) is 0. The van der Waals surface area contributed by atoms with Gasteiger partial charge < -0.3 is 5.32 Å². The fourth-order valence-electron chi connectivity index (χ4n) is 2.47. The van der Waals surface area contributed by atoms with Crippen LogP contribution in [0.25, 0.3) is 0 Å². The minimum Gasteiger partial charge on any atom is -0.351 e. The van der Waals surface area contributed by atoms with Gasteiger partial charge in [0.2, 0.25) is 5.91 Å². The lowest BCUT2D eigenvalue weighted by molar-refractivity contribution is -0.121. The number of carbonyl (C=O) groups excluding carboxylic acids is 1. The lowest BCUT2D eigenvalue weighted by atomic mass is 9.95. The number of alkyl halides is 1. The Balaban J connectivity index is 1.80. The van der Waals surface area contributed by atoms with E-state index in [1.807, 2.05) is 11.8 Å². The molecule has 0 radical (unpaired) electrons. The zero-order valence-corrected chi connectivity index (χ0v) is 12.0. The number of amides is 1. The van der Waals surface area contributed by atoms with E-state index in [0.29, 0.717) is 10.9 Å². The Kier molecular flexibility index (Phi) is 5.01. The molecule has 2 fully saturated rings. The molecule has 3 unspecified atom stereocenters. The first kappa shape index (κ1) is 12.7. The Morgan fingerprint density at radius 2 is 1.88 bits per heavy atom. The predicted octanol–water partition coefficient (Wildman–Crippen LogP) is 3.09. The van der Waals surface area contributed by atoms with Gasteiger partial charge >= 0.3 is 0 Å². The van der Waals surface area contributed by atoms with Crippen LogP contribution < -0.4 is 5.32 Å². The summed E-state index contributed by atoms with van der Waals surface area (Å²) in [7, 11) is 0. The van der Waals surface area contributed by atoms with Crippen molar-refractivity contribution >= 4 is 33.6 Å². The second-order valence-corrected chi connectivity index (χ2v) is 7.26. The first-order valence-electron chi connectivity index (χ1n) is 6.33. The van der Waals surface area contributed by atoms with Gasteiger partial charge in [-0.05, 0) is 31.4 Å². The van der Waals surface area contributed by atoms with Crippen molar-refractivity contribution in [2.45, 2.75) is 61.1 Å². The van der Waals surface area contributed by atoms with Crippen LogP contribution in [-0.4, -0.2) is 27.8 Å². The minimum absolute atomic E-state index is 0.218. The van der Waals surface area contributed by atoms with E-state index in [4.69, 9.17) is 0 Å². The van der Waals surface area contributed by atoms with E-state index < -0.39 is 0 Å². The Morgan fingerprint density at radius 3 is 2.56 bits per heavy atom. The maximum absolute atomic E-state index is 12.1. The highest BCUT2D eigenvalue weighted by Gasteiger charge is 2.28. The molecule has 2 aliphatic rings. The maximum atomic E-state index is 12.1. The third-order valence-electron chi connectivity index (χ3n) is 3.48. The lowest BCUT2D eigenvalue weighted by Gasteiger charge is -2.30. The highest BCUT2D eigenvalue weighted by molar-refractivity contribution is 9.09. The zero-order valence-electron chi connectivity index (χ0n) is 9.58. The standard InChI is InChI=1S/C12H20BrNOS/c13-9-5-1-2-6-10(9)14-12(15)11-7-3-4-8-16-11/h9-11H,1-8H2,(H,14,15). The van der Waals surface area contributed by atoms with Crippen LogP contribution >= 0.6 is 27.7 Å². The van der Waals surface area contributed by atoms with Crippen molar-refractivity contribution in [3.05, 3.63) is 0 Å². The van der Waals surface area contributed by atoms with E-state index in [1.165, 1.54) is 32.1 Å². The number of nitrogens with one attached hydrogen (secondary N) is 1. The van der Waals surface area contributed by atoms with Gasteiger partial charge in [0, 0.05) is 10.9 Å². The maximum Gasteiger partial charge on any atom is 0.233 e. The fourth-order valence-corrected chi connectivity index (χ4v) is 4.40. The van der Waals surface area contributed by atoms with Crippen LogP contribution in [0.2, 0.25) is 0 Å². The topological polar surface area (TPSA) is 29.1 Å². The van der Waals surface area contributed by atoms with Crippen LogP contribution in [0.15, 0.2) is 0 Å². The van der Waals surface area contributed by atoms with Gasteiger partial charge in [0.15, 0.2) is 0 Å². The Morgan fingerprint density at radius 1 is 1.12 bits per heavy atom. The second-order valence-electron chi connectivity index (χ2n) is 4.77. The molecule has 1 heterocycles. The number of hydrogen-bond acceptors (Lipinski definition) is 2. The van der Waals surface area contributed by atoms with Crippen molar-refractivity contribution in [2.75, 3.05) is 5.75 Å². The van der Waals surface area contributed by atoms with Crippen LogP contribution in [0, 0.1) is 0 Å². The van der Waals surface area contributed by atoms with Crippen LogP contribution in [0.4, 0.5) is 0 Å². The van der Waals surface area contributed by atoms with E-state index in [1.54, 1.807) is 0 Å². The largest absolute Gasteiger partial charge is 0.351 e. The molecule has 0 spiro atoms. The average molecular weight is 306 g/mol. The van der Waals surface area contributed by atoms with E-state index >= 15 is 0 Å². The molecule has 1 saturated carbocycles. The number of rotatable bonds is 2. The number of hydrogen-bond donors (Lipinski definition) is 1. The third kappa shape index (κ3) is 3.39. The third-order valence-corrected chi connectivity index (χ3v) is 5.95. The molecular formula is C12H20BrNOS. The SMILES string of the molecule is O=C(NC1CCCCC1Br)C1CCCCS1. The molecule has 1 N–H and O–H groups in total. The second kappa shape index (κ2) is 6.29. The van der Waals surface area contributed by atoms with Crippen molar-refractivity contribution in [1.82, 2.24) is 5.32 Å². The highest BCUT2D eigenvalue weighted by atomic mass is 79.9. The molecule has 2 rings (SSSR count). The van der Waals surface area contributed by atoms with Crippen LogP contribution in [0.5, 0.6) is 0 Å². The summed E-state index contributed by atoms with van der Waals surface area (Å²) in [5, 5.41) is 3.45. The van der Waals surface area contributed by atoms with Crippen molar-refractivity contribution < 1.29 is 4.79 Å². The van der Waals surface area contributed by atoms with E-state index in [2.05, 4.69) is 21.2 Å². The number of thioether (sulfide) groups is 1. The van der Waals surface area contributed by atoms with Gasteiger partial charge in [-0.15, -0.1) is 11.8 Å².